The molecule has 0 aliphatic rings. The van der Waals surface area contributed by atoms with Crippen molar-refractivity contribution in [3.63, 3.8) is 0 Å². The van der Waals surface area contributed by atoms with Gasteiger partial charge in [-0.3, -0.25) is 0 Å². The van der Waals surface area contributed by atoms with Crippen molar-refractivity contribution in [3.05, 3.63) is 46.6 Å². The van der Waals surface area contributed by atoms with Crippen LogP contribution in [0.3, 0.4) is 0 Å². The van der Waals surface area contributed by atoms with Crippen LogP contribution in [0.2, 0.25) is 4.47 Å². The topological polar surface area (TPSA) is 79.3 Å². The Morgan fingerprint density at radius 1 is 1.37 bits per heavy atom. The summed E-state index contributed by atoms with van der Waals surface area (Å²) in [6.07, 6.45) is 1.19. The van der Waals surface area contributed by atoms with Crippen molar-refractivity contribution in [2.24, 2.45) is 0 Å². The molecule has 1 aromatic heterocycles. The van der Waals surface area contributed by atoms with Crippen molar-refractivity contribution in [1.82, 2.24) is 9.71 Å². The van der Waals surface area contributed by atoms with Gasteiger partial charge < -0.3 is 5.11 Å². The second-order valence-corrected chi connectivity index (χ2v) is 7.25. The van der Waals surface area contributed by atoms with Crippen LogP contribution in [0.15, 0.2) is 40.7 Å². The van der Waals surface area contributed by atoms with Crippen LogP contribution in [0.5, 0.6) is 0 Å². The lowest BCUT2D eigenvalue weighted by atomic mass is 10.1. The van der Waals surface area contributed by atoms with Gasteiger partial charge in [-0.2, -0.15) is 0 Å². The lowest BCUT2D eigenvalue weighted by molar-refractivity contribution is 0.259. The van der Waals surface area contributed by atoms with E-state index in [0.717, 1.165) is 11.3 Å². The number of thiazole rings is 1. The smallest absolute Gasteiger partial charge is 0.252 e. The van der Waals surface area contributed by atoms with Gasteiger partial charge in [-0.25, -0.2) is 18.1 Å². The maximum Gasteiger partial charge on any atom is 0.252 e. The number of halogens is 1. The van der Waals surface area contributed by atoms with Crippen LogP contribution >= 0.6 is 22.9 Å². The van der Waals surface area contributed by atoms with E-state index in [9.17, 15) is 13.5 Å². The molecule has 0 bridgehead atoms. The summed E-state index contributed by atoms with van der Waals surface area (Å²) < 4.78 is 26.8. The monoisotopic (exact) mass is 318 g/mol. The van der Waals surface area contributed by atoms with E-state index in [1.54, 1.807) is 24.3 Å². The lowest BCUT2D eigenvalue weighted by Crippen LogP contribution is -2.30. The fraction of sp³-hybridized carbons (Fsp3) is 0.182. The summed E-state index contributed by atoms with van der Waals surface area (Å²) >= 11 is 6.48. The predicted octanol–water partition coefficient (Wildman–Crippen LogP) is 1.81. The zero-order valence-corrected chi connectivity index (χ0v) is 12.0. The highest BCUT2D eigenvalue weighted by Gasteiger charge is 2.22. The Bertz CT molecular complexity index is 643. The summed E-state index contributed by atoms with van der Waals surface area (Å²) in [5, 5.41) is 9.33. The van der Waals surface area contributed by atoms with E-state index in [2.05, 4.69) is 9.71 Å². The molecule has 0 saturated carbocycles. The molecule has 2 N–H and O–H groups in total. The molecule has 0 amide bonds. The van der Waals surface area contributed by atoms with Gasteiger partial charge in [0.1, 0.15) is 0 Å². The fourth-order valence-electron chi connectivity index (χ4n) is 1.50. The first-order valence-electron chi connectivity index (χ1n) is 5.32. The minimum Gasteiger partial charge on any atom is -0.394 e. The Morgan fingerprint density at radius 2 is 2.05 bits per heavy atom. The van der Waals surface area contributed by atoms with Gasteiger partial charge in [0.2, 0.25) is 0 Å². The molecule has 0 aliphatic heterocycles. The molecule has 19 heavy (non-hydrogen) atoms. The van der Waals surface area contributed by atoms with Gasteiger partial charge in [0.15, 0.2) is 8.68 Å². The largest absolute Gasteiger partial charge is 0.394 e. The molecule has 0 radical (unpaired) electrons. The second kappa shape index (κ2) is 5.98. The van der Waals surface area contributed by atoms with Crippen molar-refractivity contribution >= 4 is 33.0 Å². The Hall–Kier alpha value is -0.990. The third-order valence-electron chi connectivity index (χ3n) is 2.40. The van der Waals surface area contributed by atoms with E-state index in [1.165, 1.54) is 6.20 Å². The summed E-state index contributed by atoms with van der Waals surface area (Å²) in [6.45, 7) is -0.338. The summed E-state index contributed by atoms with van der Waals surface area (Å²) in [5.41, 5.74) is 0.684. The second-order valence-electron chi connectivity index (χ2n) is 3.70. The number of rotatable bonds is 5. The van der Waals surface area contributed by atoms with Gasteiger partial charge in [0, 0.05) is 0 Å². The SMILES string of the molecule is O=S(=O)(N[C@H](CO)c1ccccc1)c1cnc(Cl)s1. The number of nitrogens with one attached hydrogen (secondary N) is 1. The van der Waals surface area contributed by atoms with Crippen molar-refractivity contribution in [1.29, 1.82) is 0 Å². The number of sulfonamides is 1. The molecular formula is C11H11ClN2O3S2. The van der Waals surface area contributed by atoms with Crippen molar-refractivity contribution in [2.75, 3.05) is 6.61 Å². The van der Waals surface area contributed by atoms with E-state index in [4.69, 9.17) is 11.6 Å². The first-order chi connectivity index (χ1) is 9.03. The normalized spacial score (nSPS) is 13.4. The third-order valence-corrected chi connectivity index (χ3v) is 5.45. The van der Waals surface area contributed by atoms with Gasteiger partial charge >= 0.3 is 0 Å². The Labute approximate surface area is 119 Å². The van der Waals surface area contributed by atoms with Gasteiger partial charge in [-0.1, -0.05) is 53.3 Å². The number of aliphatic hydroxyl groups is 1. The van der Waals surface area contributed by atoms with E-state index in [1.807, 2.05) is 6.07 Å². The summed E-state index contributed by atoms with van der Waals surface area (Å²) in [4.78, 5) is 3.69. The molecule has 0 saturated heterocycles. The molecule has 102 valence electrons. The fourth-order valence-corrected chi connectivity index (χ4v) is 4.03. The number of nitrogens with zero attached hydrogens (tertiary/aromatic N) is 1. The highest BCUT2D eigenvalue weighted by molar-refractivity contribution is 7.91. The average molecular weight is 319 g/mol. The van der Waals surface area contributed by atoms with E-state index in [-0.39, 0.29) is 15.3 Å². The number of aromatic nitrogens is 1. The molecule has 1 aromatic carbocycles. The van der Waals surface area contributed by atoms with Gasteiger partial charge in [0.05, 0.1) is 18.8 Å². The zero-order valence-electron chi connectivity index (χ0n) is 9.65. The molecule has 1 heterocycles. The number of aliphatic hydroxyl groups excluding tert-OH is 1. The maximum atomic E-state index is 12.1. The van der Waals surface area contributed by atoms with Crippen molar-refractivity contribution < 1.29 is 13.5 Å². The Kier molecular flexibility index (Phi) is 4.54. The molecular weight excluding hydrogens is 308 g/mol. The number of hydrogen-bond acceptors (Lipinski definition) is 5. The molecule has 2 aromatic rings. The quantitative estimate of drug-likeness (QED) is 0.881. The summed E-state index contributed by atoms with van der Waals surface area (Å²) in [6, 6.07) is 8.14. The van der Waals surface area contributed by atoms with Crippen LogP contribution < -0.4 is 4.72 Å². The van der Waals surface area contributed by atoms with Gasteiger partial charge in [-0.15, -0.1) is 0 Å². The van der Waals surface area contributed by atoms with Crippen molar-refractivity contribution in [3.8, 4) is 0 Å². The zero-order chi connectivity index (χ0) is 13.9. The predicted molar refractivity (Wildman–Crippen MR) is 73.7 cm³/mol. The molecule has 5 nitrogen and oxygen atoms in total. The van der Waals surface area contributed by atoms with Crippen LogP contribution in [0, 0.1) is 0 Å². The molecule has 0 fully saturated rings. The molecule has 8 heteroatoms. The standard InChI is InChI=1S/C11H11ClN2O3S2/c12-11-13-6-10(18-11)19(16,17)14-9(7-15)8-4-2-1-3-5-8/h1-6,9,14-15H,7H2/t9-/m1/s1. The van der Waals surface area contributed by atoms with Crippen LogP contribution in [0.1, 0.15) is 11.6 Å². The summed E-state index contributed by atoms with van der Waals surface area (Å²) in [5.74, 6) is 0. The third kappa shape index (κ3) is 3.52. The van der Waals surface area contributed by atoms with E-state index >= 15 is 0 Å². The molecule has 1 atom stereocenters. The molecule has 0 spiro atoms. The maximum absolute atomic E-state index is 12.1. The van der Waals surface area contributed by atoms with Crippen molar-refractivity contribution in [2.45, 2.75) is 10.3 Å². The minimum atomic E-state index is -3.74. The molecule has 2 rings (SSSR count). The van der Waals surface area contributed by atoms with Crippen LogP contribution in [-0.4, -0.2) is 25.1 Å². The number of benzene rings is 1. The molecule has 0 unspecified atom stereocenters. The van der Waals surface area contributed by atoms with E-state index < -0.39 is 16.1 Å². The average Bonchev–Trinajstić information content (AvgIpc) is 2.85. The van der Waals surface area contributed by atoms with Crippen LogP contribution in [0.25, 0.3) is 0 Å². The lowest BCUT2D eigenvalue weighted by Gasteiger charge is -2.15. The highest BCUT2D eigenvalue weighted by Crippen LogP contribution is 2.24. The van der Waals surface area contributed by atoms with Crippen LogP contribution in [-0.2, 0) is 10.0 Å². The first kappa shape index (κ1) is 14.4. The highest BCUT2D eigenvalue weighted by atomic mass is 35.5. The Balaban J connectivity index is 2.23. The minimum absolute atomic E-state index is 0.0203. The number of hydrogen-bond donors (Lipinski definition) is 2. The van der Waals surface area contributed by atoms with Crippen LogP contribution in [0.4, 0.5) is 0 Å². The van der Waals surface area contributed by atoms with Gasteiger partial charge in [0.25, 0.3) is 10.0 Å². The van der Waals surface area contributed by atoms with E-state index in [0.29, 0.717) is 5.56 Å². The van der Waals surface area contributed by atoms with Gasteiger partial charge in [-0.05, 0) is 5.56 Å². The summed E-state index contributed by atoms with van der Waals surface area (Å²) in [7, 11) is -3.74. The first-order valence-corrected chi connectivity index (χ1v) is 8.00. The Morgan fingerprint density at radius 3 is 2.58 bits per heavy atom. The molecule has 0 aliphatic carbocycles.